The summed E-state index contributed by atoms with van der Waals surface area (Å²) in [5, 5.41) is 7.79. The molecule has 1 aromatic carbocycles. The fourth-order valence-electron chi connectivity index (χ4n) is 1.74. The number of rotatable bonds is 4. The maximum Gasteiger partial charge on any atom is 0.0926 e. The molecule has 0 radical (unpaired) electrons. The third-order valence-corrected chi connectivity index (χ3v) is 2.57. The summed E-state index contributed by atoms with van der Waals surface area (Å²) in [6.45, 7) is 3.99. The first-order chi connectivity index (χ1) is 7.81. The lowest BCUT2D eigenvalue weighted by molar-refractivity contribution is 0.726. The first kappa shape index (κ1) is 10.9. The molecule has 2 rings (SSSR count). The Morgan fingerprint density at radius 2 is 2.06 bits per heavy atom. The number of hydrogen-bond donors (Lipinski definition) is 1. The molecule has 1 N–H and O–H groups in total. The van der Waals surface area contributed by atoms with Gasteiger partial charge in [-0.05, 0) is 18.2 Å². The van der Waals surface area contributed by atoms with Crippen molar-refractivity contribution < 1.29 is 0 Å². The van der Waals surface area contributed by atoms with Crippen LogP contribution >= 0.6 is 0 Å². The normalized spacial score (nSPS) is 10.6. The molecule has 0 atom stereocenters. The first-order valence-corrected chi connectivity index (χ1v) is 5.60. The van der Waals surface area contributed by atoms with Crippen LogP contribution in [0.2, 0.25) is 0 Å². The number of aromatic nitrogens is 2. The van der Waals surface area contributed by atoms with Crippen molar-refractivity contribution in [3.05, 3.63) is 42.1 Å². The number of hydrogen-bond acceptors (Lipinski definition) is 2. The molecular formula is C13H17N3. The van der Waals surface area contributed by atoms with E-state index in [2.05, 4.69) is 41.6 Å². The molecule has 0 spiro atoms. The predicted octanol–water partition coefficient (Wildman–Crippen LogP) is 2.20. The molecule has 0 saturated carbocycles. The SMILES string of the molecule is CCNCc1ccccc1-c1ccn(C)n1. The summed E-state index contributed by atoms with van der Waals surface area (Å²) in [7, 11) is 1.94. The van der Waals surface area contributed by atoms with Gasteiger partial charge in [0.2, 0.25) is 0 Å². The van der Waals surface area contributed by atoms with Gasteiger partial charge in [0.15, 0.2) is 0 Å². The Hall–Kier alpha value is -1.61. The maximum absolute atomic E-state index is 4.44. The monoisotopic (exact) mass is 215 g/mol. The molecule has 0 saturated heterocycles. The molecule has 0 amide bonds. The maximum atomic E-state index is 4.44. The second kappa shape index (κ2) is 4.94. The summed E-state index contributed by atoms with van der Waals surface area (Å²) in [5.41, 5.74) is 3.54. The van der Waals surface area contributed by atoms with Crippen LogP contribution in [-0.2, 0) is 13.6 Å². The molecule has 0 fully saturated rings. The topological polar surface area (TPSA) is 29.9 Å². The van der Waals surface area contributed by atoms with Gasteiger partial charge in [-0.1, -0.05) is 31.2 Å². The Labute approximate surface area is 96.1 Å². The highest BCUT2D eigenvalue weighted by molar-refractivity contribution is 5.63. The molecule has 0 aliphatic heterocycles. The Morgan fingerprint density at radius 1 is 1.25 bits per heavy atom. The van der Waals surface area contributed by atoms with E-state index in [0.717, 1.165) is 18.8 Å². The standard InChI is InChI=1S/C13H17N3/c1-3-14-10-11-6-4-5-7-12(11)13-8-9-16(2)15-13/h4-9,14H,3,10H2,1-2H3. The minimum atomic E-state index is 0.892. The summed E-state index contributed by atoms with van der Waals surface area (Å²) in [6, 6.07) is 10.4. The number of aryl methyl sites for hydroxylation is 1. The van der Waals surface area contributed by atoms with Gasteiger partial charge in [-0.3, -0.25) is 4.68 Å². The zero-order chi connectivity index (χ0) is 11.4. The van der Waals surface area contributed by atoms with Gasteiger partial charge in [0.05, 0.1) is 5.69 Å². The van der Waals surface area contributed by atoms with Crippen molar-refractivity contribution in [2.75, 3.05) is 6.54 Å². The van der Waals surface area contributed by atoms with Crippen LogP contribution in [0.1, 0.15) is 12.5 Å². The van der Waals surface area contributed by atoms with Crippen LogP contribution in [-0.4, -0.2) is 16.3 Å². The van der Waals surface area contributed by atoms with E-state index in [1.807, 2.05) is 24.0 Å². The van der Waals surface area contributed by atoms with Crippen molar-refractivity contribution in [3.8, 4) is 11.3 Å². The smallest absolute Gasteiger partial charge is 0.0926 e. The lowest BCUT2D eigenvalue weighted by atomic mass is 10.0. The van der Waals surface area contributed by atoms with Gasteiger partial charge in [-0.15, -0.1) is 0 Å². The van der Waals surface area contributed by atoms with E-state index in [4.69, 9.17) is 0 Å². The molecule has 0 bridgehead atoms. The average molecular weight is 215 g/mol. The molecule has 16 heavy (non-hydrogen) atoms. The summed E-state index contributed by atoms with van der Waals surface area (Å²) in [5.74, 6) is 0. The van der Waals surface area contributed by atoms with Gasteiger partial charge in [0, 0.05) is 25.4 Å². The van der Waals surface area contributed by atoms with Crippen molar-refractivity contribution in [3.63, 3.8) is 0 Å². The van der Waals surface area contributed by atoms with Crippen LogP contribution in [0.3, 0.4) is 0 Å². The number of nitrogens with zero attached hydrogens (tertiary/aromatic N) is 2. The third-order valence-electron chi connectivity index (χ3n) is 2.57. The van der Waals surface area contributed by atoms with Crippen LogP contribution in [0.5, 0.6) is 0 Å². The molecule has 0 aliphatic carbocycles. The van der Waals surface area contributed by atoms with Gasteiger partial charge in [0.25, 0.3) is 0 Å². The first-order valence-electron chi connectivity index (χ1n) is 5.60. The van der Waals surface area contributed by atoms with Gasteiger partial charge in [-0.25, -0.2) is 0 Å². The average Bonchev–Trinajstić information content (AvgIpc) is 2.73. The summed E-state index contributed by atoms with van der Waals surface area (Å²) < 4.78 is 1.83. The Kier molecular flexibility index (Phi) is 3.37. The van der Waals surface area contributed by atoms with Crippen molar-refractivity contribution in [1.29, 1.82) is 0 Å². The van der Waals surface area contributed by atoms with Crippen LogP contribution in [0.4, 0.5) is 0 Å². The summed E-state index contributed by atoms with van der Waals surface area (Å²) in [6.07, 6.45) is 1.97. The molecular weight excluding hydrogens is 198 g/mol. The zero-order valence-corrected chi connectivity index (χ0v) is 9.77. The van der Waals surface area contributed by atoms with Crippen molar-refractivity contribution in [2.45, 2.75) is 13.5 Å². The second-order valence-electron chi connectivity index (χ2n) is 3.81. The number of nitrogens with one attached hydrogen (secondary N) is 1. The molecule has 3 heteroatoms. The Balaban J connectivity index is 2.32. The molecule has 0 unspecified atom stereocenters. The molecule has 1 aromatic heterocycles. The van der Waals surface area contributed by atoms with E-state index < -0.39 is 0 Å². The van der Waals surface area contributed by atoms with Crippen LogP contribution in [0.15, 0.2) is 36.5 Å². The van der Waals surface area contributed by atoms with E-state index in [1.165, 1.54) is 11.1 Å². The lowest BCUT2D eigenvalue weighted by Crippen LogP contribution is -2.12. The lowest BCUT2D eigenvalue weighted by Gasteiger charge is -2.07. The Morgan fingerprint density at radius 3 is 2.75 bits per heavy atom. The minimum Gasteiger partial charge on any atom is -0.313 e. The second-order valence-corrected chi connectivity index (χ2v) is 3.81. The van der Waals surface area contributed by atoms with Crippen LogP contribution in [0.25, 0.3) is 11.3 Å². The van der Waals surface area contributed by atoms with E-state index in [9.17, 15) is 0 Å². The summed E-state index contributed by atoms with van der Waals surface area (Å²) >= 11 is 0. The van der Waals surface area contributed by atoms with Crippen LogP contribution in [0, 0.1) is 0 Å². The largest absolute Gasteiger partial charge is 0.313 e. The highest BCUT2D eigenvalue weighted by Crippen LogP contribution is 2.21. The molecule has 0 aliphatic rings. The molecule has 84 valence electrons. The predicted molar refractivity (Wildman–Crippen MR) is 66.0 cm³/mol. The third kappa shape index (κ3) is 2.31. The van der Waals surface area contributed by atoms with Crippen molar-refractivity contribution >= 4 is 0 Å². The quantitative estimate of drug-likeness (QED) is 0.847. The molecule has 1 heterocycles. The zero-order valence-electron chi connectivity index (χ0n) is 9.77. The molecule has 2 aromatic rings. The van der Waals surface area contributed by atoms with Crippen LogP contribution < -0.4 is 5.32 Å². The van der Waals surface area contributed by atoms with E-state index >= 15 is 0 Å². The van der Waals surface area contributed by atoms with Gasteiger partial charge >= 0.3 is 0 Å². The fraction of sp³-hybridized carbons (Fsp3) is 0.308. The van der Waals surface area contributed by atoms with E-state index in [0.29, 0.717) is 0 Å². The van der Waals surface area contributed by atoms with Gasteiger partial charge in [0.1, 0.15) is 0 Å². The van der Waals surface area contributed by atoms with Crippen molar-refractivity contribution in [1.82, 2.24) is 15.1 Å². The molecule has 3 nitrogen and oxygen atoms in total. The van der Waals surface area contributed by atoms with E-state index in [-0.39, 0.29) is 0 Å². The highest BCUT2D eigenvalue weighted by atomic mass is 15.2. The van der Waals surface area contributed by atoms with Gasteiger partial charge in [-0.2, -0.15) is 5.10 Å². The fourth-order valence-corrected chi connectivity index (χ4v) is 1.74. The number of benzene rings is 1. The minimum absolute atomic E-state index is 0.892. The van der Waals surface area contributed by atoms with Gasteiger partial charge < -0.3 is 5.32 Å². The Bertz CT molecular complexity index is 460. The summed E-state index contributed by atoms with van der Waals surface area (Å²) in [4.78, 5) is 0. The van der Waals surface area contributed by atoms with Crippen molar-refractivity contribution in [2.24, 2.45) is 7.05 Å². The highest BCUT2D eigenvalue weighted by Gasteiger charge is 2.05. The van der Waals surface area contributed by atoms with E-state index in [1.54, 1.807) is 0 Å².